The minimum atomic E-state index is -3.44. The molecule has 1 fully saturated rings. The zero-order valence-corrected chi connectivity index (χ0v) is 13.4. The highest BCUT2D eigenvalue weighted by Gasteiger charge is 2.36. The van der Waals surface area contributed by atoms with Crippen molar-refractivity contribution < 1.29 is 8.42 Å². The van der Waals surface area contributed by atoms with Crippen LogP contribution < -0.4 is 4.72 Å². The van der Waals surface area contributed by atoms with Gasteiger partial charge in [-0.1, -0.05) is 61.4 Å². The van der Waals surface area contributed by atoms with Crippen molar-refractivity contribution in [1.29, 1.82) is 0 Å². The Morgan fingerprint density at radius 2 is 1.41 bits per heavy atom. The molecular formula is C18H21NO2S. The molecule has 1 aliphatic carbocycles. The Morgan fingerprint density at radius 1 is 0.864 bits per heavy atom. The fourth-order valence-electron chi connectivity index (χ4n) is 3.33. The lowest BCUT2D eigenvalue weighted by Gasteiger charge is -2.30. The summed E-state index contributed by atoms with van der Waals surface area (Å²) < 4.78 is 27.7. The van der Waals surface area contributed by atoms with Crippen molar-refractivity contribution in [3.05, 3.63) is 66.2 Å². The molecule has 0 aromatic heterocycles. The molecular weight excluding hydrogens is 294 g/mol. The molecule has 2 aromatic rings. The molecule has 116 valence electrons. The first-order valence-corrected chi connectivity index (χ1v) is 9.21. The van der Waals surface area contributed by atoms with Gasteiger partial charge in [0.2, 0.25) is 10.0 Å². The van der Waals surface area contributed by atoms with Crippen molar-refractivity contribution in [2.24, 2.45) is 0 Å². The summed E-state index contributed by atoms with van der Waals surface area (Å²) in [4.78, 5) is 0.330. The topological polar surface area (TPSA) is 46.2 Å². The third-order valence-corrected chi connectivity index (χ3v) is 6.02. The van der Waals surface area contributed by atoms with Gasteiger partial charge in [0.05, 0.1) is 4.90 Å². The van der Waals surface area contributed by atoms with E-state index in [0.29, 0.717) is 11.4 Å². The molecule has 0 saturated heterocycles. The van der Waals surface area contributed by atoms with Gasteiger partial charge in [-0.3, -0.25) is 0 Å². The summed E-state index contributed by atoms with van der Waals surface area (Å²) in [5.41, 5.74) is 1.17. The van der Waals surface area contributed by atoms with Crippen LogP contribution in [-0.4, -0.2) is 15.0 Å². The third-order valence-electron chi connectivity index (χ3n) is 4.60. The van der Waals surface area contributed by atoms with Crippen LogP contribution in [0.2, 0.25) is 0 Å². The summed E-state index contributed by atoms with van der Waals surface area (Å²) in [5.74, 6) is 0. The van der Waals surface area contributed by atoms with Crippen molar-refractivity contribution in [2.75, 3.05) is 6.54 Å². The van der Waals surface area contributed by atoms with Gasteiger partial charge in [-0.2, -0.15) is 0 Å². The minimum absolute atomic E-state index is 0.0664. The highest BCUT2D eigenvalue weighted by molar-refractivity contribution is 7.89. The Bertz CT molecular complexity index is 705. The molecule has 0 spiro atoms. The van der Waals surface area contributed by atoms with Crippen LogP contribution in [0.3, 0.4) is 0 Å². The highest BCUT2D eigenvalue weighted by atomic mass is 32.2. The molecule has 0 unspecified atom stereocenters. The van der Waals surface area contributed by atoms with Gasteiger partial charge in [0.25, 0.3) is 0 Å². The van der Waals surface area contributed by atoms with E-state index in [1.54, 1.807) is 24.3 Å². The lowest BCUT2D eigenvalue weighted by molar-refractivity contribution is 0.432. The van der Waals surface area contributed by atoms with Gasteiger partial charge in [-0.15, -0.1) is 0 Å². The molecule has 0 amide bonds. The molecule has 1 aliphatic rings. The highest BCUT2D eigenvalue weighted by Crippen LogP contribution is 2.40. The van der Waals surface area contributed by atoms with Gasteiger partial charge in [-0.05, 0) is 30.5 Å². The molecule has 3 rings (SSSR count). The first kappa shape index (κ1) is 15.3. The molecule has 1 saturated carbocycles. The molecule has 1 N–H and O–H groups in total. The number of benzene rings is 2. The van der Waals surface area contributed by atoms with E-state index in [1.807, 2.05) is 24.3 Å². The largest absolute Gasteiger partial charge is 0.240 e. The monoisotopic (exact) mass is 315 g/mol. The summed E-state index contributed by atoms with van der Waals surface area (Å²) >= 11 is 0. The molecule has 22 heavy (non-hydrogen) atoms. The maximum atomic E-state index is 12.5. The van der Waals surface area contributed by atoms with Gasteiger partial charge in [0, 0.05) is 12.0 Å². The minimum Gasteiger partial charge on any atom is -0.210 e. The van der Waals surface area contributed by atoms with E-state index < -0.39 is 10.0 Å². The maximum absolute atomic E-state index is 12.5. The molecule has 0 atom stereocenters. The first-order chi connectivity index (χ1) is 10.6. The van der Waals surface area contributed by atoms with Crippen LogP contribution in [0, 0.1) is 0 Å². The van der Waals surface area contributed by atoms with Crippen LogP contribution in [0.4, 0.5) is 0 Å². The summed E-state index contributed by atoms with van der Waals surface area (Å²) in [6, 6.07) is 18.9. The van der Waals surface area contributed by atoms with E-state index in [4.69, 9.17) is 0 Å². The third kappa shape index (κ3) is 3.08. The second-order valence-electron chi connectivity index (χ2n) is 5.99. The second-order valence-corrected chi connectivity index (χ2v) is 7.76. The van der Waals surface area contributed by atoms with Crippen molar-refractivity contribution in [2.45, 2.75) is 36.0 Å². The van der Waals surface area contributed by atoms with Crippen LogP contribution in [0.5, 0.6) is 0 Å². The summed E-state index contributed by atoms with van der Waals surface area (Å²) in [7, 11) is -3.44. The Morgan fingerprint density at radius 3 is 2.00 bits per heavy atom. The van der Waals surface area contributed by atoms with Crippen LogP contribution in [-0.2, 0) is 15.4 Å². The molecule has 0 heterocycles. The number of sulfonamides is 1. The average molecular weight is 315 g/mol. The normalized spacial score (nSPS) is 17.5. The quantitative estimate of drug-likeness (QED) is 0.918. The molecule has 4 heteroatoms. The van der Waals surface area contributed by atoms with Crippen molar-refractivity contribution in [1.82, 2.24) is 4.72 Å². The molecule has 3 nitrogen and oxygen atoms in total. The van der Waals surface area contributed by atoms with E-state index in [-0.39, 0.29) is 5.41 Å². The van der Waals surface area contributed by atoms with Gasteiger partial charge in [0.1, 0.15) is 0 Å². The van der Waals surface area contributed by atoms with Crippen molar-refractivity contribution in [3.63, 3.8) is 0 Å². The Hall–Kier alpha value is -1.65. The number of hydrogen-bond acceptors (Lipinski definition) is 2. The van der Waals surface area contributed by atoms with Crippen molar-refractivity contribution >= 4 is 10.0 Å². The van der Waals surface area contributed by atoms with Crippen LogP contribution in [0.25, 0.3) is 0 Å². The van der Waals surface area contributed by atoms with Gasteiger partial charge in [-0.25, -0.2) is 13.1 Å². The van der Waals surface area contributed by atoms with E-state index in [1.165, 1.54) is 5.56 Å². The fourth-order valence-corrected chi connectivity index (χ4v) is 4.48. The molecule has 0 aliphatic heterocycles. The first-order valence-electron chi connectivity index (χ1n) is 7.73. The zero-order chi connectivity index (χ0) is 15.5. The Balaban J connectivity index is 1.82. The molecule has 0 radical (unpaired) electrons. The van der Waals surface area contributed by atoms with Gasteiger partial charge < -0.3 is 0 Å². The average Bonchev–Trinajstić information content (AvgIpc) is 3.05. The van der Waals surface area contributed by atoms with Crippen LogP contribution >= 0.6 is 0 Å². The SMILES string of the molecule is O=S(=O)(NCC1(c2ccccc2)CCCC1)c1ccccc1. The van der Waals surface area contributed by atoms with Crippen LogP contribution in [0.1, 0.15) is 31.2 Å². The Labute approximate surface area is 132 Å². The summed E-state index contributed by atoms with van der Waals surface area (Å²) in [6.07, 6.45) is 4.38. The van der Waals surface area contributed by atoms with E-state index >= 15 is 0 Å². The predicted octanol–water partition coefficient (Wildman–Crippen LogP) is 3.48. The smallest absolute Gasteiger partial charge is 0.210 e. The zero-order valence-electron chi connectivity index (χ0n) is 12.5. The second kappa shape index (κ2) is 6.23. The van der Waals surface area contributed by atoms with E-state index in [0.717, 1.165) is 25.7 Å². The lowest BCUT2D eigenvalue weighted by Crippen LogP contribution is -2.38. The number of nitrogens with one attached hydrogen (secondary N) is 1. The van der Waals surface area contributed by atoms with Crippen LogP contribution in [0.15, 0.2) is 65.6 Å². The molecule has 0 bridgehead atoms. The number of hydrogen-bond donors (Lipinski definition) is 1. The summed E-state index contributed by atoms with van der Waals surface area (Å²) in [6.45, 7) is 0.467. The van der Waals surface area contributed by atoms with E-state index in [9.17, 15) is 8.42 Å². The van der Waals surface area contributed by atoms with Gasteiger partial charge in [0.15, 0.2) is 0 Å². The van der Waals surface area contributed by atoms with Gasteiger partial charge >= 0.3 is 0 Å². The Kier molecular flexibility index (Phi) is 4.32. The van der Waals surface area contributed by atoms with E-state index in [2.05, 4.69) is 16.9 Å². The fraction of sp³-hybridized carbons (Fsp3) is 0.333. The summed E-state index contributed by atoms with van der Waals surface area (Å²) in [5, 5.41) is 0. The number of rotatable bonds is 5. The van der Waals surface area contributed by atoms with Crippen molar-refractivity contribution in [3.8, 4) is 0 Å². The lowest BCUT2D eigenvalue weighted by atomic mass is 9.79. The predicted molar refractivity (Wildman–Crippen MR) is 88.2 cm³/mol. The standard InChI is InChI=1S/C18H21NO2S/c20-22(21,17-11-5-2-6-12-17)19-15-18(13-7-8-14-18)16-9-3-1-4-10-16/h1-6,9-12,19H,7-8,13-15H2. The molecule has 2 aromatic carbocycles. The maximum Gasteiger partial charge on any atom is 0.240 e.